The van der Waals surface area contributed by atoms with Crippen molar-refractivity contribution in [1.82, 2.24) is 0 Å². The Kier molecular flexibility index (Phi) is 5.00. The van der Waals surface area contributed by atoms with E-state index in [1.165, 1.54) is 0 Å². The largest absolute Gasteiger partial charge is 0.346 e. The highest BCUT2D eigenvalue weighted by atomic mass is 35.5. The molecule has 23 heavy (non-hydrogen) atoms. The number of ketones is 1. The smallest absolute Gasteiger partial charge is 0.193 e. The molecule has 3 nitrogen and oxygen atoms in total. The standard InChI is InChI=1S/C18H18ClN2OP/c1-2-11-21-17-9-8-15(13-16(17)20-23(21)12-10-19)18(22)14-6-4-3-5-7-14/h2-9,13,20H,1,10-12H2. The molecule has 0 fully saturated rings. The van der Waals surface area contributed by atoms with Crippen molar-refractivity contribution in [3.63, 3.8) is 0 Å². The molecule has 1 aliphatic rings. The summed E-state index contributed by atoms with van der Waals surface area (Å²) in [5, 5.41) is 3.52. The fraction of sp³-hybridized carbons (Fsp3) is 0.167. The Balaban J connectivity index is 1.90. The van der Waals surface area contributed by atoms with Crippen LogP contribution in [0.1, 0.15) is 15.9 Å². The number of hydrogen-bond donors (Lipinski definition) is 1. The van der Waals surface area contributed by atoms with Crippen LogP contribution in [0.15, 0.2) is 61.2 Å². The van der Waals surface area contributed by atoms with Crippen LogP contribution in [0, 0.1) is 0 Å². The number of carbonyl (C=O) groups is 1. The van der Waals surface area contributed by atoms with Gasteiger partial charge >= 0.3 is 0 Å². The molecule has 1 atom stereocenters. The molecule has 0 spiro atoms. The van der Waals surface area contributed by atoms with Gasteiger partial charge in [0.1, 0.15) is 0 Å². The van der Waals surface area contributed by atoms with E-state index in [0.717, 1.165) is 24.1 Å². The average molecular weight is 345 g/mol. The maximum Gasteiger partial charge on any atom is 0.193 e. The number of fused-ring (bicyclic) bond motifs is 1. The number of alkyl halides is 1. The van der Waals surface area contributed by atoms with Gasteiger partial charge in [0, 0.05) is 29.7 Å². The first-order valence-corrected chi connectivity index (χ1v) is 9.48. The number of benzene rings is 2. The Bertz CT molecular complexity index is 720. The third-order valence-electron chi connectivity index (χ3n) is 3.71. The van der Waals surface area contributed by atoms with E-state index in [1.54, 1.807) is 0 Å². The predicted octanol–water partition coefficient (Wildman–Crippen LogP) is 4.89. The van der Waals surface area contributed by atoms with Gasteiger partial charge in [0.15, 0.2) is 5.78 Å². The Hall–Kier alpha value is -1.83. The first-order valence-electron chi connectivity index (χ1n) is 7.47. The van der Waals surface area contributed by atoms with Crippen LogP contribution in [0.3, 0.4) is 0 Å². The van der Waals surface area contributed by atoms with Crippen molar-refractivity contribution in [2.45, 2.75) is 0 Å². The molecule has 0 aromatic heterocycles. The van der Waals surface area contributed by atoms with Gasteiger partial charge in [-0.2, -0.15) is 0 Å². The minimum absolute atomic E-state index is 0.0408. The summed E-state index contributed by atoms with van der Waals surface area (Å²) in [6.07, 6.45) is 2.78. The number of rotatable bonds is 6. The van der Waals surface area contributed by atoms with Crippen LogP contribution in [0.25, 0.3) is 0 Å². The highest BCUT2D eigenvalue weighted by Crippen LogP contribution is 2.53. The predicted molar refractivity (Wildman–Crippen MR) is 100.0 cm³/mol. The van der Waals surface area contributed by atoms with Gasteiger partial charge in [-0.15, -0.1) is 18.2 Å². The molecule has 5 heteroatoms. The van der Waals surface area contributed by atoms with Crippen LogP contribution in [0.2, 0.25) is 0 Å². The Labute approximate surface area is 142 Å². The molecular formula is C18H18ClN2OP. The Morgan fingerprint density at radius 1 is 1.22 bits per heavy atom. The van der Waals surface area contributed by atoms with Gasteiger partial charge in [-0.25, -0.2) is 0 Å². The van der Waals surface area contributed by atoms with Crippen LogP contribution in [0.5, 0.6) is 0 Å². The number of hydrogen-bond acceptors (Lipinski definition) is 3. The summed E-state index contributed by atoms with van der Waals surface area (Å²) in [6, 6.07) is 15.2. The molecule has 0 radical (unpaired) electrons. The second kappa shape index (κ2) is 7.16. The zero-order chi connectivity index (χ0) is 16.2. The van der Waals surface area contributed by atoms with Gasteiger partial charge in [0.2, 0.25) is 0 Å². The fourth-order valence-corrected chi connectivity index (χ4v) is 4.97. The maximum absolute atomic E-state index is 12.6. The number of anilines is 2. The lowest BCUT2D eigenvalue weighted by Gasteiger charge is -2.24. The van der Waals surface area contributed by atoms with E-state index in [9.17, 15) is 4.79 Å². The van der Waals surface area contributed by atoms with Gasteiger partial charge < -0.3 is 9.76 Å². The summed E-state index contributed by atoms with van der Waals surface area (Å²) in [6.45, 7) is 4.60. The zero-order valence-corrected chi connectivity index (χ0v) is 14.4. The van der Waals surface area contributed by atoms with E-state index in [1.807, 2.05) is 54.6 Å². The molecule has 1 heterocycles. The van der Waals surface area contributed by atoms with Crippen molar-refractivity contribution < 1.29 is 4.79 Å². The van der Waals surface area contributed by atoms with E-state index < -0.39 is 8.22 Å². The number of carbonyl (C=O) groups excluding carboxylic acids is 1. The van der Waals surface area contributed by atoms with Crippen LogP contribution < -0.4 is 9.76 Å². The van der Waals surface area contributed by atoms with Gasteiger partial charge in [-0.3, -0.25) is 4.79 Å². The lowest BCUT2D eigenvalue weighted by atomic mass is 10.0. The molecule has 0 saturated carbocycles. The second-order valence-corrected chi connectivity index (χ2v) is 7.55. The van der Waals surface area contributed by atoms with Gasteiger partial charge in [0.05, 0.1) is 19.6 Å². The number of nitrogens with one attached hydrogen (secondary N) is 1. The van der Waals surface area contributed by atoms with E-state index in [-0.39, 0.29) is 5.78 Å². The minimum atomic E-state index is -0.558. The molecule has 2 aromatic rings. The molecule has 0 saturated heterocycles. The summed E-state index contributed by atoms with van der Waals surface area (Å²) in [5.74, 6) is 0.648. The van der Waals surface area contributed by atoms with E-state index in [0.29, 0.717) is 17.0 Å². The van der Waals surface area contributed by atoms with Crippen LogP contribution in [-0.4, -0.2) is 24.4 Å². The van der Waals surface area contributed by atoms with Gasteiger partial charge in [-0.1, -0.05) is 36.4 Å². The molecule has 1 unspecified atom stereocenters. The summed E-state index contributed by atoms with van der Waals surface area (Å²) < 4.78 is 2.29. The molecule has 0 bridgehead atoms. The van der Waals surface area contributed by atoms with Crippen LogP contribution in [-0.2, 0) is 0 Å². The minimum Gasteiger partial charge on any atom is -0.346 e. The summed E-state index contributed by atoms with van der Waals surface area (Å²) in [7, 11) is -0.558. The molecule has 118 valence electrons. The van der Waals surface area contributed by atoms with Gasteiger partial charge in [0.25, 0.3) is 0 Å². The summed E-state index contributed by atoms with van der Waals surface area (Å²) in [4.78, 5) is 12.6. The second-order valence-electron chi connectivity index (χ2n) is 5.22. The summed E-state index contributed by atoms with van der Waals surface area (Å²) >= 11 is 5.92. The molecule has 0 aliphatic carbocycles. The normalized spacial score (nSPS) is 15.9. The molecule has 3 rings (SSSR count). The van der Waals surface area contributed by atoms with E-state index in [2.05, 4.69) is 16.3 Å². The van der Waals surface area contributed by atoms with Crippen LogP contribution >= 0.6 is 19.8 Å². The molecule has 1 aliphatic heterocycles. The van der Waals surface area contributed by atoms with Crippen molar-refractivity contribution in [2.75, 3.05) is 28.3 Å². The zero-order valence-electron chi connectivity index (χ0n) is 12.7. The lowest BCUT2D eigenvalue weighted by molar-refractivity contribution is 0.103. The highest BCUT2D eigenvalue weighted by molar-refractivity contribution is 7.61. The van der Waals surface area contributed by atoms with Crippen molar-refractivity contribution in [1.29, 1.82) is 0 Å². The van der Waals surface area contributed by atoms with Crippen molar-refractivity contribution in [2.24, 2.45) is 0 Å². The number of halogens is 1. The fourth-order valence-electron chi connectivity index (χ4n) is 2.65. The van der Waals surface area contributed by atoms with Crippen molar-refractivity contribution in [3.05, 3.63) is 72.3 Å². The van der Waals surface area contributed by atoms with Gasteiger partial charge in [-0.05, 0) is 18.2 Å². The maximum atomic E-state index is 12.6. The third-order valence-corrected chi connectivity index (χ3v) is 6.27. The van der Waals surface area contributed by atoms with Crippen LogP contribution in [0.4, 0.5) is 11.4 Å². The van der Waals surface area contributed by atoms with Crippen molar-refractivity contribution in [3.8, 4) is 0 Å². The first kappa shape index (κ1) is 16.0. The molecule has 1 N–H and O–H groups in total. The Morgan fingerprint density at radius 3 is 2.70 bits per heavy atom. The molecule has 2 aromatic carbocycles. The van der Waals surface area contributed by atoms with E-state index >= 15 is 0 Å². The highest BCUT2D eigenvalue weighted by Gasteiger charge is 2.28. The average Bonchev–Trinajstić information content (AvgIpc) is 2.92. The molecule has 0 amide bonds. The summed E-state index contributed by atoms with van der Waals surface area (Å²) in [5.41, 5.74) is 3.52. The monoisotopic (exact) mass is 344 g/mol. The molecular weight excluding hydrogens is 327 g/mol. The quantitative estimate of drug-likeness (QED) is 0.350. The Morgan fingerprint density at radius 2 is 2.00 bits per heavy atom. The lowest BCUT2D eigenvalue weighted by Crippen LogP contribution is -2.16. The number of nitrogens with zero attached hydrogens (tertiary/aromatic N) is 1. The third kappa shape index (κ3) is 3.26. The van der Waals surface area contributed by atoms with E-state index in [4.69, 9.17) is 11.6 Å². The first-order chi connectivity index (χ1) is 11.2. The topological polar surface area (TPSA) is 32.3 Å². The SMILES string of the molecule is C=CCN1c2ccc(C(=O)c3ccccc3)cc2NP1CCCl. The van der Waals surface area contributed by atoms with Crippen molar-refractivity contribution >= 4 is 37.0 Å².